The Hall–Kier alpha value is -2.82. The highest BCUT2D eigenvalue weighted by Gasteiger charge is 2.38. The minimum atomic E-state index is -0.902. The molecule has 1 heterocycles. The van der Waals surface area contributed by atoms with Gasteiger partial charge in [-0.2, -0.15) is 0 Å². The van der Waals surface area contributed by atoms with Gasteiger partial charge in [0.2, 0.25) is 5.91 Å². The SMILES string of the molecule is CC1(NC(=O)OCC2c3ccccc3-c3ccccc32)CCCNC1=O. The molecule has 1 fully saturated rings. The van der Waals surface area contributed by atoms with Crippen LogP contribution in [0.25, 0.3) is 11.1 Å². The average Bonchev–Trinajstić information content (AvgIpc) is 2.97. The molecule has 0 saturated carbocycles. The third-order valence-electron chi connectivity index (χ3n) is 5.36. The first-order valence-corrected chi connectivity index (χ1v) is 9.00. The number of ether oxygens (including phenoxy) is 1. The average molecular weight is 350 g/mol. The molecule has 2 aromatic rings. The highest BCUT2D eigenvalue weighted by Crippen LogP contribution is 2.44. The van der Waals surface area contributed by atoms with Gasteiger partial charge in [0, 0.05) is 12.5 Å². The monoisotopic (exact) mass is 350 g/mol. The van der Waals surface area contributed by atoms with E-state index in [1.807, 2.05) is 24.3 Å². The molecule has 0 aromatic heterocycles. The number of hydrogen-bond acceptors (Lipinski definition) is 3. The third kappa shape index (κ3) is 2.83. The number of piperidine rings is 1. The number of alkyl carbamates (subject to hydrolysis) is 1. The number of carbonyl (C=O) groups is 2. The quantitative estimate of drug-likeness (QED) is 0.893. The molecular formula is C21H22N2O3. The van der Waals surface area contributed by atoms with Crippen molar-refractivity contribution >= 4 is 12.0 Å². The molecule has 2 aromatic carbocycles. The first-order chi connectivity index (χ1) is 12.6. The fourth-order valence-electron chi connectivity index (χ4n) is 3.93. The van der Waals surface area contributed by atoms with E-state index in [-0.39, 0.29) is 18.4 Å². The van der Waals surface area contributed by atoms with E-state index in [9.17, 15) is 9.59 Å². The Morgan fingerprint density at radius 2 is 1.77 bits per heavy atom. The maximum atomic E-state index is 12.3. The Bertz CT molecular complexity index is 818. The lowest BCUT2D eigenvalue weighted by Gasteiger charge is -2.32. The maximum absolute atomic E-state index is 12.3. The second kappa shape index (κ2) is 6.48. The van der Waals surface area contributed by atoms with Gasteiger partial charge in [-0.15, -0.1) is 0 Å². The van der Waals surface area contributed by atoms with E-state index in [1.165, 1.54) is 22.3 Å². The summed E-state index contributed by atoms with van der Waals surface area (Å²) in [6.07, 6.45) is 0.904. The van der Waals surface area contributed by atoms with Gasteiger partial charge in [0.15, 0.2) is 0 Å². The van der Waals surface area contributed by atoms with Crippen molar-refractivity contribution in [1.29, 1.82) is 0 Å². The van der Waals surface area contributed by atoms with E-state index in [4.69, 9.17) is 4.74 Å². The first kappa shape index (κ1) is 16.6. The highest BCUT2D eigenvalue weighted by molar-refractivity contribution is 5.90. The van der Waals surface area contributed by atoms with Crippen LogP contribution in [0.3, 0.4) is 0 Å². The zero-order valence-electron chi connectivity index (χ0n) is 14.7. The number of amides is 2. The van der Waals surface area contributed by atoms with Crippen LogP contribution >= 0.6 is 0 Å². The normalized spacial score (nSPS) is 21.5. The standard InChI is InChI=1S/C21H22N2O3/c1-21(11-6-12-22-19(21)24)23-20(25)26-13-18-16-9-4-2-7-14(16)15-8-3-5-10-17(15)18/h2-5,7-10,18H,6,11-13H2,1H3,(H,22,24)(H,23,25). The Morgan fingerprint density at radius 3 is 2.38 bits per heavy atom. The summed E-state index contributed by atoms with van der Waals surface area (Å²) in [4.78, 5) is 24.4. The van der Waals surface area contributed by atoms with Crippen LogP contribution in [0.1, 0.15) is 36.8 Å². The van der Waals surface area contributed by atoms with Gasteiger partial charge in [-0.25, -0.2) is 4.79 Å². The largest absolute Gasteiger partial charge is 0.449 e. The third-order valence-corrected chi connectivity index (χ3v) is 5.36. The number of rotatable bonds is 3. The van der Waals surface area contributed by atoms with E-state index in [0.717, 1.165) is 6.42 Å². The van der Waals surface area contributed by atoms with E-state index >= 15 is 0 Å². The van der Waals surface area contributed by atoms with Crippen LogP contribution in [0.15, 0.2) is 48.5 Å². The second-order valence-electron chi connectivity index (χ2n) is 7.14. The lowest BCUT2D eigenvalue weighted by Crippen LogP contribution is -2.59. The first-order valence-electron chi connectivity index (χ1n) is 9.00. The molecule has 0 bridgehead atoms. The fraction of sp³-hybridized carbons (Fsp3) is 0.333. The van der Waals surface area contributed by atoms with Crippen molar-refractivity contribution in [1.82, 2.24) is 10.6 Å². The number of nitrogens with one attached hydrogen (secondary N) is 2. The Morgan fingerprint density at radius 1 is 1.15 bits per heavy atom. The molecule has 5 nitrogen and oxygen atoms in total. The van der Waals surface area contributed by atoms with Crippen LogP contribution in [0.2, 0.25) is 0 Å². The number of fused-ring (bicyclic) bond motifs is 3. The number of carbonyl (C=O) groups excluding carboxylic acids is 2. The predicted molar refractivity (Wildman–Crippen MR) is 98.9 cm³/mol. The van der Waals surface area contributed by atoms with Gasteiger partial charge in [-0.1, -0.05) is 48.5 Å². The van der Waals surface area contributed by atoms with Gasteiger partial charge in [0.1, 0.15) is 12.1 Å². The van der Waals surface area contributed by atoms with Gasteiger partial charge in [0.05, 0.1) is 0 Å². The summed E-state index contributed by atoms with van der Waals surface area (Å²) in [6, 6.07) is 16.4. The van der Waals surface area contributed by atoms with Crippen molar-refractivity contribution in [3.05, 3.63) is 59.7 Å². The molecule has 26 heavy (non-hydrogen) atoms. The molecule has 2 aliphatic rings. The van der Waals surface area contributed by atoms with E-state index in [2.05, 4.69) is 34.9 Å². The topological polar surface area (TPSA) is 67.4 Å². The summed E-state index contributed by atoms with van der Waals surface area (Å²) in [6.45, 7) is 2.64. The summed E-state index contributed by atoms with van der Waals surface area (Å²) < 4.78 is 5.53. The molecule has 2 amide bonds. The van der Waals surface area contributed by atoms with Crippen LogP contribution in [-0.2, 0) is 9.53 Å². The lowest BCUT2D eigenvalue weighted by atomic mass is 9.92. The fourth-order valence-corrected chi connectivity index (χ4v) is 3.93. The minimum absolute atomic E-state index is 0.0149. The van der Waals surface area contributed by atoms with Crippen molar-refractivity contribution in [2.75, 3.05) is 13.2 Å². The molecule has 4 rings (SSSR count). The van der Waals surface area contributed by atoms with Gasteiger partial charge in [-0.05, 0) is 42.0 Å². The zero-order chi connectivity index (χ0) is 18.1. The maximum Gasteiger partial charge on any atom is 0.408 e. The second-order valence-corrected chi connectivity index (χ2v) is 7.14. The molecule has 2 N–H and O–H groups in total. The summed E-state index contributed by atoms with van der Waals surface area (Å²) >= 11 is 0. The van der Waals surface area contributed by atoms with Crippen molar-refractivity contribution in [3.63, 3.8) is 0 Å². The molecule has 1 saturated heterocycles. The molecule has 134 valence electrons. The van der Waals surface area contributed by atoms with Crippen molar-refractivity contribution in [3.8, 4) is 11.1 Å². The molecule has 0 spiro atoms. The van der Waals surface area contributed by atoms with Gasteiger partial charge < -0.3 is 15.4 Å². The molecule has 0 radical (unpaired) electrons. The van der Waals surface area contributed by atoms with Crippen molar-refractivity contribution in [2.45, 2.75) is 31.2 Å². The molecule has 5 heteroatoms. The van der Waals surface area contributed by atoms with Crippen LogP contribution in [0.5, 0.6) is 0 Å². The van der Waals surface area contributed by atoms with Gasteiger partial charge >= 0.3 is 6.09 Å². The van der Waals surface area contributed by atoms with Gasteiger partial charge in [-0.3, -0.25) is 4.79 Å². The summed E-state index contributed by atoms with van der Waals surface area (Å²) in [5, 5.41) is 5.54. The van der Waals surface area contributed by atoms with Crippen LogP contribution < -0.4 is 10.6 Å². The van der Waals surface area contributed by atoms with Crippen LogP contribution in [0.4, 0.5) is 4.79 Å². The predicted octanol–water partition coefficient (Wildman–Crippen LogP) is 3.19. The van der Waals surface area contributed by atoms with E-state index < -0.39 is 11.6 Å². The van der Waals surface area contributed by atoms with Crippen molar-refractivity contribution in [2.24, 2.45) is 0 Å². The number of hydrogen-bond donors (Lipinski definition) is 2. The molecule has 1 atom stereocenters. The van der Waals surface area contributed by atoms with Crippen LogP contribution in [0, 0.1) is 0 Å². The Balaban J connectivity index is 1.48. The summed E-state index contributed by atoms with van der Waals surface area (Å²) in [5.74, 6) is -0.140. The molecule has 1 aliphatic heterocycles. The summed E-state index contributed by atoms with van der Waals surface area (Å²) in [7, 11) is 0. The zero-order valence-corrected chi connectivity index (χ0v) is 14.7. The molecule has 1 unspecified atom stereocenters. The lowest BCUT2D eigenvalue weighted by molar-refractivity contribution is -0.128. The van der Waals surface area contributed by atoms with Gasteiger partial charge in [0.25, 0.3) is 0 Å². The highest BCUT2D eigenvalue weighted by atomic mass is 16.5. The Labute approximate surface area is 152 Å². The molecule has 1 aliphatic carbocycles. The smallest absolute Gasteiger partial charge is 0.408 e. The minimum Gasteiger partial charge on any atom is -0.449 e. The number of benzene rings is 2. The molecular weight excluding hydrogens is 328 g/mol. The van der Waals surface area contributed by atoms with E-state index in [0.29, 0.717) is 13.0 Å². The Kier molecular flexibility index (Phi) is 4.15. The van der Waals surface area contributed by atoms with E-state index in [1.54, 1.807) is 6.92 Å². The summed E-state index contributed by atoms with van der Waals surface area (Å²) in [5.41, 5.74) is 3.82. The van der Waals surface area contributed by atoms with Crippen molar-refractivity contribution < 1.29 is 14.3 Å². The van der Waals surface area contributed by atoms with Crippen LogP contribution in [-0.4, -0.2) is 30.7 Å².